The van der Waals surface area contributed by atoms with Crippen molar-refractivity contribution in [2.24, 2.45) is 0 Å². The molecule has 0 radical (unpaired) electrons. The van der Waals surface area contributed by atoms with Crippen molar-refractivity contribution in [3.05, 3.63) is 64.4 Å². The third kappa shape index (κ3) is 2.93. The predicted molar refractivity (Wildman–Crippen MR) is 80.5 cm³/mol. The van der Waals surface area contributed by atoms with Gasteiger partial charge in [0.1, 0.15) is 0 Å². The van der Waals surface area contributed by atoms with Crippen LogP contribution in [0.2, 0.25) is 5.02 Å². The summed E-state index contributed by atoms with van der Waals surface area (Å²) in [6, 6.07) is 10.2. The number of nitrogens with zero attached hydrogens (tertiary/aromatic N) is 1. The van der Waals surface area contributed by atoms with Gasteiger partial charge < -0.3 is 0 Å². The summed E-state index contributed by atoms with van der Waals surface area (Å²) in [5.74, 6) is 0.382. The molecule has 1 aromatic heterocycles. The summed E-state index contributed by atoms with van der Waals surface area (Å²) in [6.45, 7) is 4.30. The molecule has 0 N–H and O–H groups in total. The van der Waals surface area contributed by atoms with Crippen molar-refractivity contribution in [2.75, 3.05) is 0 Å². The summed E-state index contributed by atoms with van der Waals surface area (Å²) in [5, 5.41) is 0.785. The maximum Gasteiger partial charge on any atom is 0.0463 e. The average molecular weight is 325 g/mol. The fraction of sp³-hybridized carbons (Fsp3) is 0.267. The Morgan fingerprint density at radius 3 is 2.44 bits per heavy atom. The lowest BCUT2D eigenvalue weighted by Gasteiger charge is -2.21. The Labute approximate surface area is 121 Å². The highest BCUT2D eigenvalue weighted by Crippen LogP contribution is 2.39. The molecule has 0 spiro atoms. The minimum absolute atomic E-state index is 0.275. The van der Waals surface area contributed by atoms with Crippen LogP contribution in [0.4, 0.5) is 0 Å². The highest BCUT2D eigenvalue weighted by atomic mass is 79.9. The molecule has 2 atom stereocenters. The Morgan fingerprint density at radius 2 is 1.83 bits per heavy atom. The summed E-state index contributed by atoms with van der Waals surface area (Å²) in [5.41, 5.74) is 3.77. The van der Waals surface area contributed by atoms with Gasteiger partial charge in [0.05, 0.1) is 0 Å². The van der Waals surface area contributed by atoms with E-state index in [-0.39, 0.29) is 4.83 Å². The number of alkyl halides is 1. The molecule has 18 heavy (non-hydrogen) atoms. The Bertz CT molecular complexity index is 527. The van der Waals surface area contributed by atoms with Gasteiger partial charge in [-0.25, -0.2) is 0 Å². The third-order valence-corrected chi connectivity index (χ3v) is 4.72. The number of hydrogen-bond acceptors (Lipinski definition) is 1. The van der Waals surface area contributed by atoms with E-state index in [1.807, 2.05) is 24.5 Å². The van der Waals surface area contributed by atoms with Crippen molar-refractivity contribution >= 4 is 27.5 Å². The number of aryl methyl sites for hydroxylation is 1. The molecule has 2 unspecified atom stereocenters. The van der Waals surface area contributed by atoms with Gasteiger partial charge in [-0.2, -0.15) is 0 Å². The lowest BCUT2D eigenvalue weighted by atomic mass is 9.92. The van der Waals surface area contributed by atoms with Crippen molar-refractivity contribution in [3.8, 4) is 0 Å². The van der Waals surface area contributed by atoms with Gasteiger partial charge in [-0.05, 0) is 53.8 Å². The second kappa shape index (κ2) is 5.85. The van der Waals surface area contributed by atoms with Crippen LogP contribution in [0.1, 0.15) is 34.4 Å². The van der Waals surface area contributed by atoms with Crippen LogP contribution in [-0.2, 0) is 0 Å². The van der Waals surface area contributed by atoms with Gasteiger partial charge in [0.15, 0.2) is 0 Å². The summed E-state index contributed by atoms with van der Waals surface area (Å²) >= 11 is 9.79. The smallest absolute Gasteiger partial charge is 0.0463 e. The van der Waals surface area contributed by atoms with E-state index in [4.69, 9.17) is 11.6 Å². The van der Waals surface area contributed by atoms with Crippen molar-refractivity contribution in [2.45, 2.75) is 24.6 Å². The van der Waals surface area contributed by atoms with E-state index < -0.39 is 0 Å². The fourth-order valence-corrected chi connectivity index (χ4v) is 3.10. The lowest BCUT2D eigenvalue weighted by Crippen LogP contribution is -2.04. The number of benzene rings is 1. The van der Waals surface area contributed by atoms with Crippen molar-refractivity contribution in [1.29, 1.82) is 0 Å². The van der Waals surface area contributed by atoms with E-state index in [9.17, 15) is 0 Å². The van der Waals surface area contributed by atoms with Crippen molar-refractivity contribution in [1.82, 2.24) is 4.98 Å². The first-order chi connectivity index (χ1) is 8.59. The van der Waals surface area contributed by atoms with E-state index in [0.29, 0.717) is 5.92 Å². The van der Waals surface area contributed by atoms with Crippen molar-refractivity contribution < 1.29 is 0 Å². The molecule has 0 saturated carbocycles. The number of hydrogen-bond donors (Lipinski definition) is 0. The molecule has 0 bridgehead atoms. The first-order valence-electron chi connectivity index (χ1n) is 5.89. The van der Waals surface area contributed by atoms with Crippen LogP contribution in [0.25, 0.3) is 0 Å². The van der Waals surface area contributed by atoms with Gasteiger partial charge in [-0.15, -0.1) is 0 Å². The number of aromatic nitrogens is 1. The Balaban J connectivity index is 2.28. The van der Waals surface area contributed by atoms with Crippen LogP contribution in [0.15, 0.2) is 42.7 Å². The van der Waals surface area contributed by atoms with E-state index in [2.05, 4.69) is 53.0 Å². The molecule has 0 aliphatic heterocycles. The SMILES string of the molecule is Cc1cc(Cl)ccc1C(Br)C(C)c1ccncc1. The van der Waals surface area contributed by atoms with Crippen LogP contribution in [0, 0.1) is 6.92 Å². The molecule has 1 aromatic carbocycles. The molecule has 2 rings (SSSR count). The molecule has 0 amide bonds. The van der Waals surface area contributed by atoms with Gasteiger partial charge in [-0.1, -0.05) is 40.5 Å². The zero-order valence-corrected chi connectivity index (χ0v) is 12.7. The zero-order valence-electron chi connectivity index (χ0n) is 10.4. The van der Waals surface area contributed by atoms with Gasteiger partial charge in [0.2, 0.25) is 0 Å². The molecule has 0 saturated heterocycles. The van der Waals surface area contributed by atoms with E-state index in [1.165, 1.54) is 16.7 Å². The monoisotopic (exact) mass is 323 g/mol. The second-order valence-electron chi connectivity index (χ2n) is 4.47. The summed E-state index contributed by atoms with van der Waals surface area (Å²) in [7, 11) is 0. The number of halogens is 2. The lowest BCUT2D eigenvalue weighted by molar-refractivity contribution is 0.746. The second-order valence-corrected chi connectivity index (χ2v) is 5.89. The summed E-state index contributed by atoms with van der Waals surface area (Å²) in [4.78, 5) is 4.33. The molecule has 94 valence electrons. The summed E-state index contributed by atoms with van der Waals surface area (Å²) < 4.78 is 0. The molecule has 0 aliphatic carbocycles. The number of rotatable bonds is 3. The van der Waals surface area contributed by atoms with Crippen LogP contribution < -0.4 is 0 Å². The normalized spacial score (nSPS) is 14.2. The first-order valence-corrected chi connectivity index (χ1v) is 7.19. The molecule has 0 fully saturated rings. The molecular formula is C15H15BrClN. The Hall–Kier alpha value is -0.860. The molecule has 1 heterocycles. The topological polar surface area (TPSA) is 12.9 Å². The molecule has 2 aromatic rings. The van der Waals surface area contributed by atoms with E-state index >= 15 is 0 Å². The van der Waals surface area contributed by atoms with Gasteiger partial charge in [-0.3, -0.25) is 4.98 Å². The van der Waals surface area contributed by atoms with E-state index in [1.54, 1.807) is 0 Å². The predicted octanol–water partition coefficient (Wildman–Crippen LogP) is 5.28. The highest BCUT2D eigenvalue weighted by Gasteiger charge is 2.19. The van der Waals surface area contributed by atoms with Gasteiger partial charge in [0, 0.05) is 22.2 Å². The molecule has 0 aliphatic rings. The third-order valence-electron chi connectivity index (χ3n) is 3.20. The molecule has 1 nitrogen and oxygen atoms in total. The maximum atomic E-state index is 5.99. The van der Waals surface area contributed by atoms with Crippen LogP contribution in [0.3, 0.4) is 0 Å². The minimum Gasteiger partial charge on any atom is -0.265 e. The zero-order chi connectivity index (χ0) is 13.1. The first kappa shape index (κ1) is 13.6. The highest BCUT2D eigenvalue weighted by molar-refractivity contribution is 9.09. The van der Waals surface area contributed by atoms with Crippen molar-refractivity contribution in [3.63, 3.8) is 0 Å². The fourth-order valence-electron chi connectivity index (χ4n) is 2.05. The largest absolute Gasteiger partial charge is 0.265 e. The van der Waals surface area contributed by atoms with Crippen LogP contribution >= 0.6 is 27.5 Å². The number of pyridine rings is 1. The Morgan fingerprint density at radius 1 is 1.17 bits per heavy atom. The minimum atomic E-state index is 0.275. The standard InChI is InChI=1S/C15H15BrClN/c1-10-9-13(17)3-4-14(10)15(16)11(2)12-5-7-18-8-6-12/h3-9,11,15H,1-2H3. The van der Waals surface area contributed by atoms with Gasteiger partial charge in [0.25, 0.3) is 0 Å². The van der Waals surface area contributed by atoms with E-state index in [0.717, 1.165) is 5.02 Å². The summed E-state index contributed by atoms with van der Waals surface area (Å²) in [6.07, 6.45) is 3.67. The van der Waals surface area contributed by atoms with Crippen LogP contribution in [0.5, 0.6) is 0 Å². The molecular weight excluding hydrogens is 310 g/mol. The average Bonchev–Trinajstić information content (AvgIpc) is 2.38. The van der Waals surface area contributed by atoms with Crippen LogP contribution in [-0.4, -0.2) is 4.98 Å². The van der Waals surface area contributed by atoms with Gasteiger partial charge >= 0.3 is 0 Å². The maximum absolute atomic E-state index is 5.99. The molecule has 3 heteroatoms. The Kier molecular flexibility index (Phi) is 4.41. The quantitative estimate of drug-likeness (QED) is 0.700.